The molecule has 0 aliphatic heterocycles. The van der Waals surface area contributed by atoms with Crippen molar-refractivity contribution in [3.63, 3.8) is 0 Å². The second kappa shape index (κ2) is 4.18. The fourth-order valence-corrected chi connectivity index (χ4v) is 1.92. The number of benzene rings is 2. The summed E-state index contributed by atoms with van der Waals surface area (Å²) in [5.41, 5.74) is 1.01. The first kappa shape index (κ1) is 11.0. The Morgan fingerprint density at radius 2 is 1.75 bits per heavy atom. The van der Waals surface area contributed by atoms with Crippen molar-refractivity contribution in [2.45, 2.75) is 19.5 Å². The summed E-state index contributed by atoms with van der Waals surface area (Å²) in [6, 6.07) is 10.8. The lowest BCUT2D eigenvalue weighted by Gasteiger charge is -2.15. The molecule has 0 radical (unpaired) electrons. The number of aliphatic hydroxyl groups excluding tert-OH is 1. The largest absolute Gasteiger partial charge is 0.382 e. The smallest absolute Gasteiger partial charge is 0.268 e. The first-order valence-electron chi connectivity index (χ1n) is 5.05. The van der Waals surface area contributed by atoms with Gasteiger partial charge in [0.25, 0.3) is 6.43 Å². The van der Waals surface area contributed by atoms with E-state index >= 15 is 0 Å². The van der Waals surface area contributed by atoms with E-state index < -0.39 is 12.5 Å². The molecule has 0 aromatic heterocycles. The van der Waals surface area contributed by atoms with Gasteiger partial charge in [-0.05, 0) is 28.8 Å². The summed E-state index contributed by atoms with van der Waals surface area (Å²) >= 11 is 0. The SMILES string of the molecule is Cc1ccc2ccccc2c1C(O)C(F)F. The normalized spacial score (nSPS) is 13.3. The van der Waals surface area contributed by atoms with Crippen molar-refractivity contribution in [2.75, 3.05) is 0 Å². The molecule has 0 aliphatic carbocycles. The Morgan fingerprint density at radius 3 is 2.44 bits per heavy atom. The van der Waals surface area contributed by atoms with Crippen LogP contribution in [-0.4, -0.2) is 11.5 Å². The maximum Gasteiger partial charge on any atom is 0.268 e. The zero-order chi connectivity index (χ0) is 11.7. The number of hydrogen-bond donors (Lipinski definition) is 1. The lowest BCUT2D eigenvalue weighted by atomic mass is 9.96. The number of halogens is 2. The van der Waals surface area contributed by atoms with Gasteiger partial charge in [-0.3, -0.25) is 0 Å². The number of fused-ring (bicyclic) bond motifs is 1. The van der Waals surface area contributed by atoms with E-state index in [4.69, 9.17) is 0 Å². The predicted molar refractivity (Wildman–Crippen MR) is 59.6 cm³/mol. The first-order valence-corrected chi connectivity index (χ1v) is 5.05. The van der Waals surface area contributed by atoms with Gasteiger partial charge in [0.05, 0.1) is 0 Å². The highest BCUT2D eigenvalue weighted by molar-refractivity contribution is 5.87. The summed E-state index contributed by atoms with van der Waals surface area (Å²) < 4.78 is 25.1. The molecular weight excluding hydrogens is 210 g/mol. The molecule has 1 unspecified atom stereocenters. The van der Waals surface area contributed by atoms with E-state index in [2.05, 4.69) is 0 Å². The molecular formula is C13H12F2O. The van der Waals surface area contributed by atoms with Gasteiger partial charge >= 0.3 is 0 Å². The molecule has 0 saturated carbocycles. The van der Waals surface area contributed by atoms with E-state index in [9.17, 15) is 13.9 Å². The number of hydrogen-bond acceptors (Lipinski definition) is 1. The Labute approximate surface area is 92.3 Å². The van der Waals surface area contributed by atoms with Crippen molar-refractivity contribution < 1.29 is 13.9 Å². The van der Waals surface area contributed by atoms with E-state index in [0.29, 0.717) is 16.5 Å². The van der Waals surface area contributed by atoms with Crippen molar-refractivity contribution in [1.82, 2.24) is 0 Å². The predicted octanol–water partition coefficient (Wildman–Crippen LogP) is 3.45. The van der Waals surface area contributed by atoms with Gasteiger partial charge < -0.3 is 5.11 Å². The van der Waals surface area contributed by atoms with Crippen LogP contribution in [0.2, 0.25) is 0 Å². The van der Waals surface area contributed by atoms with Crippen LogP contribution in [0, 0.1) is 6.92 Å². The average molecular weight is 222 g/mol. The first-order chi connectivity index (χ1) is 7.61. The van der Waals surface area contributed by atoms with E-state index in [0.717, 1.165) is 5.39 Å². The second-order valence-corrected chi connectivity index (χ2v) is 3.80. The molecule has 3 heteroatoms. The van der Waals surface area contributed by atoms with Gasteiger partial charge in [0.1, 0.15) is 6.10 Å². The lowest BCUT2D eigenvalue weighted by molar-refractivity contribution is -0.00528. The Kier molecular flexibility index (Phi) is 2.88. The van der Waals surface area contributed by atoms with E-state index in [-0.39, 0.29) is 0 Å². The molecule has 0 heterocycles. The quantitative estimate of drug-likeness (QED) is 0.825. The van der Waals surface area contributed by atoms with Gasteiger partial charge in [0, 0.05) is 0 Å². The third kappa shape index (κ3) is 1.78. The molecule has 2 rings (SSSR count). The zero-order valence-electron chi connectivity index (χ0n) is 8.82. The standard InChI is InChI=1S/C13H12F2O/c1-8-6-7-9-4-2-3-5-10(9)11(8)12(16)13(14)15/h2-7,12-13,16H,1H3. The van der Waals surface area contributed by atoms with Crippen molar-refractivity contribution >= 4 is 10.8 Å². The molecule has 1 nitrogen and oxygen atoms in total. The van der Waals surface area contributed by atoms with E-state index in [1.54, 1.807) is 25.1 Å². The maximum atomic E-state index is 12.6. The highest BCUT2D eigenvalue weighted by Gasteiger charge is 2.22. The highest BCUT2D eigenvalue weighted by Crippen LogP contribution is 2.30. The Bertz CT molecular complexity index is 508. The van der Waals surface area contributed by atoms with Gasteiger partial charge in [0.2, 0.25) is 0 Å². The molecule has 16 heavy (non-hydrogen) atoms. The molecule has 2 aromatic carbocycles. The molecule has 84 valence electrons. The molecule has 0 spiro atoms. The summed E-state index contributed by atoms with van der Waals surface area (Å²) in [6.07, 6.45) is -4.48. The summed E-state index contributed by atoms with van der Waals surface area (Å²) in [4.78, 5) is 0. The number of aliphatic hydroxyl groups is 1. The summed E-state index contributed by atoms with van der Waals surface area (Å²) in [7, 11) is 0. The summed E-state index contributed by atoms with van der Waals surface area (Å²) in [5.74, 6) is 0. The summed E-state index contributed by atoms with van der Waals surface area (Å²) in [6.45, 7) is 1.73. The van der Waals surface area contributed by atoms with Crippen LogP contribution in [0.3, 0.4) is 0 Å². The van der Waals surface area contributed by atoms with Crippen molar-refractivity contribution in [2.24, 2.45) is 0 Å². The van der Waals surface area contributed by atoms with Gasteiger partial charge in [-0.1, -0.05) is 36.4 Å². The van der Waals surface area contributed by atoms with Crippen LogP contribution in [0.15, 0.2) is 36.4 Å². The average Bonchev–Trinajstić information content (AvgIpc) is 2.28. The zero-order valence-corrected chi connectivity index (χ0v) is 8.82. The van der Waals surface area contributed by atoms with Crippen LogP contribution >= 0.6 is 0 Å². The third-order valence-electron chi connectivity index (χ3n) is 2.72. The maximum absolute atomic E-state index is 12.6. The fraction of sp³-hybridized carbons (Fsp3) is 0.231. The molecule has 0 aliphatic rings. The third-order valence-corrected chi connectivity index (χ3v) is 2.72. The molecule has 0 amide bonds. The number of alkyl halides is 2. The summed E-state index contributed by atoms with van der Waals surface area (Å²) in [5, 5.41) is 11.1. The highest BCUT2D eigenvalue weighted by atomic mass is 19.3. The second-order valence-electron chi connectivity index (χ2n) is 3.80. The number of aryl methyl sites for hydroxylation is 1. The van der Waals surface area contributed by atoms with Gasteiger partial charge in [-0.15, -0.1) is 0 Å². The van der Waals surface area contributed by atoms with E-state index in [1.165, 1.54) is 0 Å². The minimum atomic E-state index is -2.76. The van der Waals surface area contributed by atoms with Crippen LogP contribution in [0.1, 0.15) is 17.2 Å². The van der Waals surface area contributed by atoms with Gasteiger partial charge in [-0.2, -0.15) is 0 Å². The van der Waals surface area contributed by atoms with Crippen LogP contribution in [0.5, 0.6) is 0 Å². The minimum absolute atomic E-state index is 0.327. The monoisotopic (exact) mass is 222 g/mol. The molecule has 0 bridgehead atoms. The Hall–Kier alpha value is -1.48. The van der Waals surface area contributed by atoms with Crippen LogP contribution in [0.4, 0.5) is 8.78 Å². The number of rotatable bonds is 2. The molecule has 0 saturated heterocycles. The topological polar surface area (TPSA) is 20.2 Å². The van der Waals surface area contributed by atoms with Crippen LogP contribution in [-0.2, 0) is 0 Å². The molecule has 2 aromatic rings. The van der Waals surface area contributed by atoms with Crippen LogP contribution in [0.25, 0.3) is 10.8 Å². The Morgan fingerprint density at radius 1 is 1.06 bits per heavy atom. The minimum Gasteiger partial charge on any atom is -0.382 e. The van der Waals surface area contributed by atoms with Gasteiger partial charge in [-0.25, -0.2) is 8.78 Å². The Balaban J connectivity index is 2.70. The van der Waals surface area contributed by atoms with Crippen molar-refractivity contribution in [3.8, 4) is 0 Å². The van der Waals surface area contributed by atoms with E-state index in [1.807, 2.05) is 18.2 Å². The molecule has 1 N–H and O–H groups in total. The van der Waals surface area contributed by atoms with Crippen LogP contribution < -0.4 is 0 Å². The van der Waals surface area contributed by atoms with Crippen molar-refractivity contribution in [1.29, 1.82) is 0 Å². The molecule has 1 atom stereocenters. The van der Waals surface area contributed by atoms with Gasteiger partial charge in [0.15, 0.2) is 0 Å². The van der Waals surface area contributed by atoms with Crippen molar-refractivity contribution in [3.05, 3.63) is 47.5 Å². The fourth-order valence-electron chi connectivity index (χ4n) is 1.92. The lowest BCUT2D eigenvalue weighted by Crippen LogP contribution is -2.10. The molecule has 0 fully saturated rings.